The van der Waals surface area contributed by atoms with Gasteiger partial charge in [0.2, 0.25) is 5.91 Å². The number of fused-ring (bicyclic) bond motifs is 1. The Morgan fingerprint density at radius 3 is 3.14 bits per heavy atom. The zero-order valence-corrected chi connectivity index (χ0v) is 13.1. The summed E-state index contributed by atoms with van der Waals surface area (Å²) < 4.78 is 0. The van der Waals surface area contributed by atoms with Crippen LogP contribution in [0.5, 0.6) is 0 Å². The first-order valence-electron chi connectivity index (χ1n) is 7.14. The molecule has 0 spiro atoms. The minimum Gasteiger partial charge on any atom is -0.362 e. The predicted molar refractivity (Wildman–Crippen MR) is 85.8 cm³/mol. The minimum absolute atomic E-state index is 0.0697. The van der Waals surface area contributed by atoms with Crippen molar-refractivity contribution < 1.29 is 4.79 Å². The van der Waals surface area contributed by atoms with Gasteiger partial charge in [-0.25, -0.2) is 0 Å². The topological polar surface area (TPSA) is 45.2 Å². The number of carbonyl (C=O) groups excluding carboxylic acids is 1. The van der Waals surface area contributed by atoms with E-state index in [0.717, 1.165) is 24.2 Å². The maximum Gasteiger partial charge on any atom is 0.222 e. The van der Waals surface area contributed by atoms with E-state index in [1.807, 2.05) is 6.20 Å². The standard InChI is InChI=1S/C16H19N3OS/c1-11-7-15-13(18-9-11)3-5-19(15)14(8-16(20)17-2)12-4-6-21-10-12/h4,6-7,9-10,14H,3,5,8H2,1-2H3,(H,17,20). The third-order valence-corrected chi connectivity index (χ3v) is 4.65. The Morgan fingerprint density at radius 1 is 1.57 bits per heavy atom. The van der Waals surface area contributed by atoms with Gasteiger partial charge in [0.05, 0.1) is 23.8 Å². The number of amides is 1. The molecule has 2 aromatic rings. The van der Waals surface area contributed by atoms with Gasteiger partial charge in [0, 0.05) is 26.2 Å². The normalized spacial score (nSPS) is 14.9. The van der Waals surface area contributed by atoms with Crippen molar-refractivity contribution in [3.05, 3.63) is 45.9 Å². The Hall–Kier alpha value is -1.88. The average Bonchev–Trinajstić information content (AvgIpc) is 3.14. The first-order valence-corrected chi connectivity index (χ1v) is 8.08. The van der Waals surface area contributed by atoms with E-state index in [2.05, 4.69) is 45.0 Å². The fourth-order valence-electron chi connectivity index (χ4n) is 2.84. The Bertz CT molecular complexity index is 639. The maximum atomic E-state index is 11.9. The molecule has 1 amide bonds. The second kappa shape index (κ2) is 5.85. The van der Waals surface area contributed by atoms with E-state index < -0.39 is 0 Å². The molecule has 0 saturated carbocycles. The Balaban J connectivity index is 1.95. The lowest BCUT2D eigenvalue weighted by molar-refractivity contribution is -0.121. The quantitative estimate of drug-likeness (QED) is 0.944. The summed E-state index contributed by atoms with van der Waals surface area (Å²) >= 11 is 1.67. The summed E-state index contributed by atoms with van der Waals surface area (Å²) in [5, 5.41) is 6.94. The van der Waals surface area contributed by atoms with Gasteiger partial charge in [-0.3, -0.25) is 9.78 Å². The van der Waals surface area contributed by atoms with Gasteiger partial charge < -0.3 is 10.2 Å². The van der Waals surface area contributed by atoms with E-state index in [1.54, 1.807) is 18.4 Å². The summed E-state index contributed by atoms with van der Waals surface area (Å²) in [4.78, 5) is 18.8. The molecule has 1 aliphatic heterocycles. The van der Waals surface area contributed by atoms with Crippen molar-refractivity contribution in [3.63, 3.8) is 0 Å². The van der Waals surface area contributed by atoms with E-state index >= 15 is 0 Å². The number of rotatable bonds is 4. The van der Waals surface area contributed by atoms with Crippen LogP contribution in [0.15, 0.2) is 29.1 Å². The van der Waals surface area contributed by atoms with Crippen molar-refractivity contribution in [1.29, 1.82) is 0 Å². The van der Waals surface area contributed by atoms with Gasteiger partial charge in [0.25, 0.3) is 0 Å². The van der Waals surface area contributed by atoms with Gasteiger partial charge in [-0.2, -0.15) is 11.3 Å². The molecule has 110 valence electrons. The van der Waals surface area contributed by atoms with Crippen LogP contribution in [0.3, 0.4) is 0 Å². The van der Waals surface area contributed by atoms with Crippen LogP contribution in [0.2, 0.25) is 0 Å². The highest BCUT2D eigenvalue weighted by Gasteiger charge is 2.29. The summed E-state index contributed by atoms with van der Waals surface area (Å²) in [6, 6.07) is 4.37. The molecule has 4 nitrogen and oxygen atoms in total. The third-order valence-electron chi connectivity index (χ3n) is 3.94. The molecule has 1 unspecified atom stereocenters. The SMILES string of the molecule is CNC(=O)CC(c1ccsc1)N1CCc2ncc(C)cc21. The predicted octanol–water partition coefficient (Wildman–Crippen LogP) is 2.69. The van der Waals surface area contributed by atoms with E-state index in [-0.39, 0.29) is 11.9 Å². The lowest BCUT2D eigenvalue weighted by Gasteiger charge is -2.29. The van der Waals surface area contributed by atoms with Crippen LogP contribution in [0.25, 0.3) is 0 Å². The molecule has 0 aliphatic carbocycles. The van der Waals surface area contributed by atoms with Gasteiger partial charge >= 0.3 is 0 Å². The van der Waals surface area contributed by atoms with Gasteiger partial charge in [-0.05, 0) is 40.9 Å². The molecule has 2 aromatic heterocycles. The van der Waals surface area contributed by atoms with Crippen LogP contribution in [0.4, 0.5) is 5.69 Å². The van der Waals surface area contributed by atoms with Crippen molar-refractivity contribution in [1.82, 2.24) is 10.3 Å². The molecule has 1 atom stereocenters. The third kappa shape index (κ3) is 2.78. The maximum absolute atomic E-state index is 11.9. The molecule has 5 heteroatoms. The summed E-state index contributed by atoms with van der Waals surface area (Å²) in [5.41, 5.74) is 4.68. The average molecular weight is 301 g/mol. The highest BCUT2D eigenvalue weighted by molar-refractivity contribution is 7.08. The first-order chi connectivity index (χ1) is 10.2. The first kappa shape index (κ1) is 14.1. The number of carbonyl (C=O) groups is 1. The molecule has 0 aromatic carbocycles. The number of anilines is 1. The summed E-state index contributed by atoms with van der Waals surface area (Å²) in [6.45, 7) is 2.98. The number of thiophene rings is 1. The lowest BCUT2D eigenvalue weighted by atomic mass is 10.0. The van der Waals surface area contributed by atoms with Crippen molar-refractivity contribution in [2.75, 3.05) is 18.5 Å². The number of pyridine rings is 1. The highest BCUT2D eigenvalue weighted by Crippen LogP contribution is 2.36. The number of aromatic nitrogens is 1. The molecule has 1 aliphatic rings. The fourth-order valence-corrected chi connectivity index (χ4v) is 3.55. The smallest absolute Gasteiger partial charge is 0.222 e. The largest absolute Gasteiger partial charge is 0.362 e. The molecular formula is C16H19N3OS. The lowest BCUT2D eigenvalue weighted by Crippen LogP contribution is -2.31. The Labute approximate surface area is 128 Å². The molecule has 1 N–H and O–H groups in total. The second-order valence-electron chi connectivity index (χ2n) is 5.37. The fraction of sp³-hybridized carbons (Fsp3) is 0.375. The van der Waals surface area contributed by atoms with E-state index in [9.17, 15) is 4.79 Å². The van der Waals surface area contributed by atoms with E-state index in [1.165, 1.54) is 11.3 Å². The zero-order valence-electron chi connectivity index (χ0n) is 12.3. The molecule has 3 rings (SSSR count). The van der Waals surface area contributed by atoms with Gasteiger partial charge in [0.15, 0.2) is 0 Å². The highest BCUT2D eigenvalue weighted by atomic mass is 32.1. The molecule has 0 fully saturated rings. The van der Waals surface area contributed by atoms with Crippen LogP contribution >= 0.6 is 11.3 Å². The Morgan fingerprint density at radius 2 is 2.43 bits per heavy atom. The summed E-state index contributed by atoms with van der Waals surface area (Å²) in [6.07, 6.45) is 3.34. The monoisotopic (exact) mass is 301 g/mol. The molecule has 0 bridgehead atoms. The number of hydrogen-bond acceptors (Lipinski definition) is 4. The van der Waals surface area contributed by atoms with Crippen LogP contribution in [0.1, 0.15) is 29.3 Å². The van der Waals surface area contributed by atoms with Crippen LogP contribution < -0.4 is 10.2 Å². The van der Waals surface area contributed by atoms with Gasteiger partial charge in [-0.15, -0.1) is 0 Å². The Kier molecular flexibility index (Phi) is 3.92. The minimum atomic E-state index is 0.0697. The number of nitrogens with one attached hydrogen (secondary N) is 1. The zero-order chi connectivity index (χ0) is 14.8. The van der Waals surface area contributed by atoms with Crippen molar-refractivity contribution in [2.45, 2.75) is 25.8 Å². The molecular weight excluding hydrogens is 282 g/mol. The molecule has 0 saturated heterocycles. The number of nitrogens with zero attached hydrogens (tertiary/aromatic N) is 2. The molecule has 21 heavy (non-hydrogen) atoms. The number of hydrogen-bond donors (Lipinski definition) is 1. The van der Waals surface area contributed by atoms with Crippen LogP contribution in [-0.4, -0.2) is 24.5 Å². The van der Waals surface area contributed by atoms with Crippen molar-refractivity contribution >= 4 is 22.9 Å². The molecule has 3 heterocycles. The van der Waals surface area contributed by atoms with Gasteiger partial charge in [0.1, 0.15) is 0 Å². The molecule has 0 radical (unpaired) electrons. The van der Waals surface area contributed by atoms with E-state index in [4.69, 9.17) is 0 Å². The van der Waals surface area contributed by atoms with Gasteiger partial charge in [-0.1, -0.05) is 0 Å². The second-order valence-corrected chi connectivity index (χ2v) is 6.15. The van der Waals surface area contributed by atoms with Crippen LogP contribution in [0, 0.1) is 6.92 Å². The number of aryl methyl sites for hydroxylation is 1. The van der Waals surface area contributed by atoms with Crippen molar-refractivity contribution in [3.8, 4) is 0 Å². The summed E-state index contributed by atoms with van der Waals surface area (Å²) in [5.74, 6) is 0.0697. The van der Waals surface area contributed by atoms with Crippen molar-refractivity contribution in [2.24, 2.45) is 0 Å². The van der Waals surface area contributed by atoms with Crippen LogP contribution in [-0.2, 0) is 11.2 Å². The van der Waals surface area contributed by atoms with E-state index in [0.29, 0.717) is 6.42 Å². The summed E-state index contributed by atoms with van der Waals surface area (Å²) in [7, 11) is 1.69.